The van der Waals surface area contributed by atoms with Crippen molar-refractivity contribution < 1.29 is 4.74 Å². The molecule has 2 heteroatoms. The van der Waals surface area contributed by atoms with Crippen LogP contribution < -0.4 is 4.74 Å². The fraction of sp³-hybridized carbons (Fsp3) is 0.455. The minimum atomic E-state index is 0.145. The number of ether oxygens (including phenoxy) is 1. The second kappa shape index (κ2) is 3.04. The van der Waals surface area contributed by atoms with Gasteiger partial charge in [0, 0.05) is 0 Å². The first-order valence-corrected chi connectivity index (χ1v) is 4.56. The van der Waals surface area contributed by atoms with Crippen LogP contribution in [0.25, 0.3) is 5.32 Å². The topological polar surface area (TPSA) is 23.3 Å². The maximum Gasteiger partial charge on any atom is 0.118 e. The summed E-state index contributed by atoms with van der Waals surface area (Å²) in [5.41, 5.74) is 1.46. The summed E-state index contributed by atoms with van der Waals surface area (Å²) in [4.78, 5) is 0. The molecular formula is C11H14NO-. The summed E-state index contributed by atoms with van der Waals surface area (Å²) in [5.74, 6) is 0.913. The number of methoxy groups -OCH3 is 1. The molecule has 13 heavy (non-hydrogen) atoms. The molecule has 0 N–H and O–H groups in total. The summed E-state index contributed by atoms with van der Waals surface area (Å²) >= 11 is 0. The van der Waals surface area contributed by atoms with Crippen LogP contribution >= 0.6 is 0 Å². The molecule has 0 radical (unpaired) electrons. The lowest BCUT2D eigenvalue weighted by Gasteiger charge is -2.28. The quantitative estimate of drug-likeness (QED) is 0.694. The average Bonchev–Trinajstić information content (AvgIpc) is 2.99. The van der Waals surface area contributed by atoms with Gasteiger partial charge in [0.1, 0.15) is 5.75 Å². The molecule has 1 aromatic carbocycles. The molecule has 0 bridgehead atoms. The molecule has 0 atom stereocenters. The molecule has 0 unspecified atom stereocenters. The van der Waals surface area contributed by atoms with Crippen LogP contribution in [-0.2, 0) is 5.54 Å². The maximum atomic E-state index is 5.11. The Morgan fingerprint density at radius 3 is 2.23 bits per heavy atom. The van der Waals surface area contributed by atoms with E-state index < -0.39 is 0 Å². The first-order chi connectivity index (χ1) is 6.30. The van der Waals surface area contributed by atoms with E-state index in [0.717, 1.165) is 5.75 Å². The Kier molecular flexibility index (Phi) is 2.00. The summed E-state index contributed by atoms with van der Waals surface area (Å²) < 4.78 is 5.11. The molecule has 0 heterocycles. The Morgan fingerprint density at radius 1 is 1.23 bits per heavy atom. The van der Waals surface area contributed by atoms with Gasteiger partial charge in [-0.25, -0.2) is 0 Å². The monoisotopic (exact) mass is 176 g/mol. The number of benzene rings is 1. The molecule has 70 valence electrons. The van der Waals surface area contributed by atoms with Crippen LogP contribution in [-0.4, -0.2) is 14.2 Å². The fourth-order valence-electron chi connectivity index (χ4n) is 1.66. The summed E-state index contributed by atoms with van der Waals surface area (Å²) in [5, 5.41) is 4.42. The van der Waals surface area contributed by atoms with E-state index in [2.05, 4.69) is 17.4 Å². The molecule has 0 amide bonds. The third-order valence-electron chi connectivity index (χ3n) is 2.78. The van der Waals surface area contributed by atoms with E-state index in [-0.39, 0.29) is 5.54 Å². The Morgan fingerprint density at radius 2 is 1.85 bits per heavy atom. The van der Waals surface area contributed by atoms with Crippen molar-refractivity contribution in [2.75, 3.05) is 14.2 Å². The number of rotatable bonds is 3. The molecule has 1 aliphatic carbocycles. The van der Waals surface area contributed by atoms with Gasteiger partial charge in [-0.15, -0.1) is 0 Å². The van der Waals surface area contributed by atoms with Crippen LogP contribution in [0.3, 0.4) is 0 Å². The molecule has 1 saturated carbocycles. The van der Waals surface area contributed by atoms with Crippen LogP contribution in [0.4, 0.5) is 0 Å². The van der Waals surface area contributed by atoms with Crippen LogP contribution in [0.2, 0.25) is 0 Å². The van der Waals surface area contributed by atoms with Gasteiger partial charge < -0.3 is 10.1 Å². The predicted molar refractivity (Wildman–Crippen MR) is 53.2 cm³/mol. The zero-order valence-corrected chi connectivity index (χ0v) is 8.08. The Balaban J connectivity index is 2.23. The second-order valence-corrected chi connectivity index (χ2v) is 3.48. The summed E-state index contributed by atoms with van der Waals surface area (Å²) in [6.07, 6.45) is 2.38. The van der Waals surface area contributed by atoms with Crippen LogP contribution in [0.5, 0.6) is 5.75 Å². The molecule has 2 nitrogen and oxygen atoms in total. The molecule has 0 aliphatic heterocycles. The highest BCUT2D eigenvalue weighted by atomic mass is 16.5. The van der Waals surface area contributed by atoms with Crippen LogP contribution in [0, 0.1) is 0 Å². The van der Waals surface area contributed by atoms with Crippen molar-refractivity contribution in [2.45, 2.75) is 18.4 Å². The molecule has 2 rings (SSSR count). The van der Waals surface area contributed by atoms with Crippen molar-refractivity contribution in [3.63, 3.8) is 0 Å². The minimum Gasteiger partial charge on any atom is -0.656 e. The minimum absolute atomic E-state index is 0.145. The zero-order valence-electron chi connectivity index (χ0n) is 8.08. The van der Waals surface area contributed by atoms with Crippen molar-refractivity contribution in [3.05, 3.63) is 35.1 Å². The number of hydrogen-bond acceptors (Lipinski definition) is 1. The first kappa shape index (κ1) is 8.57. The van der Waals surface area contributed by atoms with Gasteiger partial charge in [-0.05, 0) is 12.1 Å². The summed E-state index contributed by atoms with van der Waals surface area (Å²) in [6, 6.07) is 8.22. The smallest absolute Gasteiger partial charge is 0.118 e. The van der Waals surface area contributed by atoms with Gasteiger partial charge in [0.25, 0.3) is 0 Å². The van der Waals surface area contributed by atoms with Crippen molar-refractivity contribution in [2.24, 2.45) is 0 Å². The lowest BCUT2D eigenvalue weighted by Crippen LogP contribution is -2.02. The number of nitrogens with zero attached hydrogens (tertiary/aromatic N) is 1. The molecule has 0 aromatic heterocycles. The summed E-state index contributed by atoms with van der Waals surface area (Å²) in [7, 11) is 3.59. The highest BCUT2D eigenvalue weighted by Gasteiger charge is 2.33. The van der Waals surface area contributed by atoms with E-state index >= 15 is 0 Å². The second-order valence-electron chi connectivity index (χ2n) is 3.48. The van der Waals surface area contributed by atoms with E-state index in [1.165, 1.54) is 18.4 Å². The highest BCUT2D eigenvalue weighted by molar-refractivity contribution is 5.39. The van der Waals surface area contributed by atoms with E-state index in [1.807, 2.05) is 19.2 Å². The lowest BCUT2D eigenvalue weighted by molar-refractivity contribution is 0.414. The largest absolute Gasteiger partial charge is 0.656 e. The molecule has 1 aromatic rings. The van der Waals surface area contributed by atoms with E-state index in [1.54, 1.807) is 7.11 Å². The summed E-state index contributed by atoms with van der Waals surface area (Å²) in [6.45, 7) is 0. The van der Waals surface area contributed by atoms with Gasteiger partial charge in [-0.3, -0.25) is 0 Å². The third-order valence-corrected chi connectivity index (χ3v) is 2.78. The van der Waals surface area contributed by atoms with Crippen LogP contribution in [0.15, 0.2) is 24.3 Å². The van der Waals surface area contributed by atoms with Gasteiger partial charge in [0.05, 0.1) is 7.11 Å². The Bertz CT molecular complexity index is 287. The van der Waals surface area contributed by atoms with E-state index in [0.29, 0.717) is 0 Å². The maximum absolute atomic E-state index is 5.11. The van der Waals surface area contributed by atoms with Gasteiger partial charge in [0.15, 0.2) is 0 Å². The zero-order chi connectivity index (χ0) is 9.31. The van der Waals surface area contributed by atoms with Crippen molar-refractivity contribution in [1.29, 1.82) is 0 Å². The predicted octanol–water partition coefficient (Wildman–Crippen LogP) is 2.69. The van der Waals surface area contributed by atoms with Crippen molar-refractivity contribution in [3.8, 4) is 5.75 Å². The standard InChI is InChI=1S/C11H14NO/c1-12-11(7-8-11)9-3-5-10(13-2)6-4-9/h3-6H,7-8H2,1-2H3/q-1. The molecule has 1 aliphatic rings. The van der Waals surface area contributed by atoms with Gasteiger partial charge in [0.2, 0.25) is 0 Å². The van der Waals surface area contributed by atoms with E-state index in [9.17, 15) is 0 Å². The van der Waals surface area contributed by atoms with E-state index in [4.69, 9.17) is 4.74 Å². The van der Waals surface area contributed by atoms with Gasteiger partial charge >= 0.3 is 0 Å². The molecule has 0 saturated heterocycles. The Labute approximate surface area is 78.9 Å². The molecule has 1 fully saturated rings. The lowest BCUT2D eigenvalue weighted by atomic mass is 10.1. The van der Waals surface area contributed by atoms with Crippen molar-refractivity contribution in [1.82, 2.24) is 0 Å². The number of hydrogen-bond donors (Lipinski definition) is 0. The molecular weight excluding hydrogens is 162 g/mol. The Hall–Kier alpha value is -1.02. The SMILES string of the molecule is C[N-]C1(c2ccc(OC)cc2)CC1. The van der Waals surface area contributed by atoms with Gasteiger partial charge in [-0.1, -0.05) is 36.1 Å². The third kappa shape index (κ3) is 1.42. The molecule has 0 spiro atoms. The normalized spacial score (nSPS) is 18.3. The first-order valence-electron chi connectivity index (χ1n) is 4.56. The highest BCUT2D eigenvalue weighted by Crippen LogP contribution is 2.51. The van der Waals surface area contributed by atoms with Crippen LogP contribution in [0.1, 0.15) is 18.4 Å². The average molecular weight is 176 g/mol. The fourth-order valence-corrected chi connectivity index (χ4v) is 1.66. The van der Waals surface area contributed by atoms with Crippen molar-refractivity contribution >= 4 is 0 Å². The van der Waals surface area contributed by atoms with Gasteiger partial charge in [-0.2, -0.15) is 7.05 Å².